The van der Waals surface area contributed by atoms with Gasteiger partial charge in [0.05, 0.1) is 0 Å². The normalized spacial score (nSPS) is 20.9. The molecule has 1 heterocycles. The van der Waals surface area contributed by atoms with Crippen LogP contribution in [-0.4, -0.2) is 36.5 Å². The van der Waals surface area contributed by atoms with Gasteiger partial charge in [0.2, 0.25) is 0 Å². The van der Waals surface area contributed by atoms with Crippen molar-refractivity contribution in [3.63, 3.8) is 0 Å². The molecule has 0 saturated carbocycles. The lowest BCUT2D eigenvalue weighted by molar-refractivity contribution is 0.0656. The summed E-state index contributed by atoms with van der Waals surface area (Å²) in [7, 11) is 0. The third kappa shape index (κ3) is 2.44. The third-order valence-electron chi connectivity index (χ3n) is 2.85. The van der Waals surface area contributed by atoms with Crippen molar-refractivity contribution in [1.29, 1.82) is 0 Å². The molecule has 1 aromatic carbocycles. The molecule has 1 aliphatic rings. The SMILES string of the molecule is C[C@@H]1CNCCN1C(=O)c1ccc(Br)cc1. The zero-order valence-corrected chi connectivity index (χ0v) is 10.8. The van der Waals surface area contributed by atoms with Gasteiger partial charge in [0.15, 0.2) is 0 Å². The van der Waals surface area contributed by atoms with Crippen molar-refractivity contribution >= 4 is 21.8 Å². The molecule has 0 radical (unpaired) electrons. The minimum atomic E-state index is 0.126. The maximum absolute atomic E-state index is 12.2. The highest BCUT2D eigenvalue weighted by Crippen LogP contribution is 2.14. The molecule has 1 fully saturated rings. The van der Waals surface area contributed by atoms with E-state index in [1.54, 1.807) is 0 Å². The zero-order chi connectivity index (χ0) is 11.5. The van der Waals surface area contributed by atoms with Crippen LogP contribution in [0.3, 0.4) is 0 Å². The summed E-state index contributed by atoms with van der Waals surface area (Å²) in [6.07, 6.45) is 0. The van der Waals surface area contributed by atoms with Crippen LogP contribution in [0.5, 0.6) is 0 Å². The van der Waals surface area contributed by atoms with E-state index in [0.717, 1.165) is 29.7 Å². The van der Waals surface area contributed by atoms with Crippen molar-refractivity contribution in [2.24, 2.45) is 0 Å². The number of hydrogen-bond donors (Lipinski definition) is 1. The highest BCUT2D eigenvalue weighted by Gasteiger charge is 2.23. The number of nitrogens with zero attached hydrogens (tertiary/aromatic N) is 1. The van der Waals surface area contributed by atoms with Crippen LogP contribution in [0.2, 0.25) is 0 Å². The van der Waals surface area contributed by atoms with Crippen LogP contribution in [0.1, 0.15) is 17.3 Å². The fourth-order valence-corrected chi connectivity index (χ4v) is 2.17. The Labute approximate surface area is 104 Å². The molecular formula is C12H15BrN2O. The number of benzene rings is 1. The van der Waals surface area contributed by atoms with Gasteiger partial charge in [0.1, 0.15) is 0 Å². The third-order valence-corrected chi connectivity index (χ3v) is 3.38. The lowest BCUT2D eigenvalue weighted by atomic mass is 10.1. The summed E-state index contributed by atoms with van der Waals surface area (Å²) >= 11 is 3.37. The van der Waals surface area contributed by atoms with Gasteiger partial charge in [-0.2, -0.15) is 0 Å². The van der Waals surface area contributed by atoms with E-state index in [0.29, 0.717) is 0 Å². The number of hydrogen-bond acceptors (Lipinski definition) is 2. The van der Waals surface area contributed by atoms with Crippen molar-refractivity contribution in [3.8, 4) is 0 Å². The van der Waals surface area contributed by atoms with E-state index in [9.17, 15) is 4.79 Å². The summed E-state index contributed by atoms with van der Waals surface area (Å²) < 4.78 is 0.998. The van der Waals surface area contributed by atoms with Gasteiger partial charge < -0.3 is 10.2 Å². The van der Waals surface area contributed by atoms with Gasteiger partial charge in [-0.3, -0.25) is 4.79 Å². The van der Waals surface area contributed by atoms with Crippen molar-refractivity contribution in [2.75, 3.05) is 19.6 Å². The summed E-state index contributed by atoms with van der Waals surface area (Å²) in [5.74, 6) is 0.126. The number of nitrogens with one attached hydrogen (secondary N) is 1. The minimum Gasteiger partial charge on any atom is -0.333 e. The van der Waals surface area contributed by atoms with Crippen LogP contribution in [0, 0.1) is 0 Å². The number of amides is 1. The van der Waals surface area contributed by atoms with E-state index >= 15 is 0 Å². The Morgan fingerprint density at radius 1 is 1.44 bits per heavy atom. The Kier molecular flexibility index (Phi) is 3.61. The number of rotatable bonds is 1. The summed E-state index contributed by atoms with van der Waals surface area (Å²) in [4.78, 5) is 14.1. The predicted molar refractivity (Wildman–Crippen MR) is 67.5 cm³/mol. The first kappa shape index (κ1) is 11.6. The van der Waals surface area contributed by atoms with Gasteiger partial charge >= 0.3 is 0 Å². The molecule has 0 aromatic heterocycles. The van der Waals surface area contributed by atoms with E-state index in [1.807, 2.05) is 29.2 Å². The Balaban J connectivity index is 2.14. The maximum atomic E-state index is 12.2. The first-order valence-corrected chi connectivity index (χ1v) is 6.25. The van der Waals surface area contributed by atoms with Gasteiger partial charge in [-0.1, -0.05) is 15.9 Å². The second-order valence-electron chi connectivity index (χ2n) is 4.06. The lowest BCUT2D eigenvalue weighted by Crippen LogP contribution is -2.52. The Bertz CT molecular complexity index is 377. The minimum absolute atomic E-state index is 0.126. The maximum Gasteiger partial charge on any atom is 0.254 e. The second-order valence-corrected chi connectivity index (χ2v) is 4.97. The number of piperazine rings is 1. The molecule has 0 unspecified atom stereocenters. The monoisotopic (exact) mass is 282 g/mol. The predicted octanol–water partition coefficient (Wildman–Crippen LogP) is 1.88. The van der Waals surface area contributed by atoms with E-state index in [-0.39, 0.29) is 11.9 Å². The first-order chi connectivity index (χ1) is 7.68. The largest absolute Gasteiger partial charge is 0.333 e. The molecule has 86 valence electrons. The van der Waals surface area contributed by atoms with Gasteiger partial charge in [0, 0.05) is 35.7 Å². The van der Waals surface area contributed by atoms with Crippen LogP contribution in [0.15, 0.2) is 28.7 Å². The Morgan fingerprint density at radius 2 is 2.12 bits per heavy atom. The van der Waals surface area contributed by atoms with Crippen LogP contribution in [-0.2, 0) is 0 Å². The number of halogens is 1. The fraction of sp³-hybridized carbons (Fsp3) is 0.417. The second kappa shape index (κ2) is 4.97. The van der Waals surface area contributed by atoms with Crippen molar-refractivity contribution in [1.82, 2.24) is 10.2 Å². The van der Waals surface area contributed by atoms with Gasteiger partial charge in [0.25, 0.3) is 5.91 Å². The van der Waals surface area contributed by atoms with Crippen LogP contribution < -0.4 is 5.32 Å². The molecule has 1 aromatic rings. The highest BCUT2D eigenvalue weighted by molar-refractivity contribution is 9.10. The molecule has 0 spiro atoms. The molecular weight excluding hydrogens is 268 g/mol. The van der Waals surface area contributed by atoms with Gasteiger partial charge in [-0.15, -0.1) is 0 Å². The van der Waals surface area contributed by atoms with E-state index in [2.05, 4.69) is 28.2 Å². The average Bonchev–Trinajstić information content (AvgIpc) is 2.30. The van der Waals surface area contributed by atoms with Crippen molar-refractivity contribution in [3.05, 3.63) is 34.3 Å². The summed E-state index contributed by atoms with van der Waals surface area (Å²) in [6, 6.07) is 7.80. The first-order valence-electron chi connectivity index (χ1n) is 5.46. The molecule has 0 aliphatic carbocycles. The molecule has 4 heteroatoms. The van der Waals surface area contributed by atoms with Crippen LogP contribution >= 0.6 is 15.9 Å². The summed E-state index contributed by atoms with van der Waals surface area (Å²) in [6.45, 7) is 4.62. The number of carbonyl (C=O) groups is 1. The molecule has 1 saturated heterocycles. The molecule has 1 N–H and O–H groups in total. The van der Waals surface area contributed by atoms with E-state index in [4.69, 9.17) is 0 Å². The van der Waals surface area contributed by atoms with Crippen LogP contribution in [0.25, 0.3) is 0 Å². The molecule has 1 aliphatic heterocycles. The smallest absolute Gasteiger partial charge is 0.254 e. The lowest BCUT2D eigenvalue weighted by Gasteiger charge is -2.34. The van der Waals surface area contributed by atoms with Crippen molar-refractivity contribution in [2.45, 2.75) is 13.0 Å². The topological polar surface area (TPSA) is 32.3 Å². The Hall–Kier alpha value is -0.870. The molecule has 2 rings (SSSR count). The quantitative estimate of drug-likeness (QED) is 0.853. The molecule has 1 amide bonds. The molecule has 3 nitrogen and oxygen atoms in total. The highest BCUT2D eigenvalue weighted by atomic mass is 79.9. The zero-order valence-electron chi connectivity index (χ0n) is 9.24. The fourth-order valence-electron chi connectivity index (χ4n) is 1.90. The van der Waals surface area contributed by atoms with Crippen LogP contribution in [0.4, 0.5) is 0 Å². The van der Waals surface area contributed by atoms with Gasteiger partial charge in [-0.05, 0) is 31.2 Å². The average molecular weight is 283 g/mol. The van der Waals surface area contributed by atoms with E-state index < -0.39 is 0 Å². The summed E-state index contributed by atoms with van der Waals surface area (Å²) in [5.41, 5.74) is 0.761. The van der Waals surface area contributed by atoms with E-state index in [1.165, 1.54) is 0 Å². The molecule has 1 atom stereocenters. The molecule has 0 bridgehead atoms. The van der Waals surface area contributed by atoms with Gasteiger partial charge in [-0.25, -0.2) is 0 Å². The summed E-state index contributed by atoms with van der Waals surface area (Å²) in [5, 5.41) is 3.28. The Morgan fingerprint density at radius 3 is 2.75 bits per heavy atom. The van der Waals surface area contributed by atoms with Crippen molar-refractivity contribution < 1.29 is 4.79 Å². The number of carbonyl (C=O) groups excluding carboxylic acids is 1. The molecule has 16 heavy (non-hydrogen) atoms. The standard InChI is InChI=1S/C12H15BrN2O/c1-9-8-14-6-7-15(9)12(16)10-2-4-11(13)5-3-10/h2-5,9,14H,6-8H2,1H3/t9-/m1/s1.